The molecule has 0 saturated heterocycles. The van der Waals surface area contributed by atoms with Crippen LogP contribution in [-0.2, 0) is 20.8 Å². The van der Waals surface area contributed by atoms with Crippen LogP contribution in [0.5, 0.6) is 5.75 Å². The summed E-state index contributed by atoms with van der Waals surface area (Å²) >= 11 is 0. The van der Waals surface area contributed by atoms with Gasteiger partial charge in [0.1, 0.15) is 11.3 Å². The topological polar surface area (TPSA) is 113 Å². The van der Waals surface area contributed by atoms with Gasteiger partial charge in [-0.15, -0.1) is 0 Å². The molecule has 0 saturated carbocycles. The molecule has 0 spiro atoms. The molecule has 1 rings (SSSR count). The van der Waals surface area contributed by atoms with Gasteiger partial charge in [-0.2, -0.15) is 5.48 Å². The normalized spacial score (nSPS) is 10.0. The lowest BCUT2D eigenvalue weighted by atomic mass is 10.0. The Morgan fingerprint density at radius 1 is 1.23 bits per heavy atom. The van der Waals surface area contributed by atoms with E-state index in [1.807, 2.05) is 12.4 Å². The van der Waals surface area contributed by atoms with E-state index in [1.54, 1.807) is 12.1 Å². The molecule has 1 aromatic carbocycles. The van der Waals surface area contributed by atoms with Crippen LogP contribution in [0.3, 0.4) is 0 Å². The average Bonchev–Trinajstić information content (AvgIpc) is 2.49. The summed E-state index contributed by atoms with van der Waals surface area (Å²) in [4.78, 5) is 38.0. The summed E-state index contributed by atoms with van der Waals surface area (Å²) < 4.78 is 0. The minimum Gasteiger partial charge on any atom is -0.507 e. The predicted octanol–water partition coefficient (Wildman–Crippen LogP) is 1.79. The Hall–Kier alpha value is -2.57. The Kier molecular flexibility index (Phi) is 6.88. The van der Waals surface area contributed by atoms with E-state index in [9.17, 15) is 19.5 Å². The largest absolute Gasteiger partial charge is 0.507 e. The number of unbranched alkanes of at least 4 members (excludes halogenated alkanes) is 1. The number of nitrogens with one attached hydrogen (secondary N) is 1. The first kappa shape index (κ1) is 17.5. The van der Waals surface area contributed by atoms with Crippen LogP contribution in [0.4, 0.5) is 0 Å². The van der Waals surface area contributed by atoms with Crippen LogP contribution in [0.2, 0.25) is 0 Å². The number of para-hydroxylation sites is 1. The molecule has 0 bridgehead atoms. The molecule has 120 valence electrons. The van der Waals surface area contributed by atoms with Crippen molar-refractivity contribution in [1.29, 1.82) is 0 Å². The van der Waals surface area contributed by atoms with Crippen molar-refractivity contribution < 1.29 is 29.4 Å². The van der Waals surface area contributed by atoms with Crippen LogP contribution in [0.15, 0.2) is 18.2 Å². The first-order chi connectivity index (χ1) is 10.5. The predicted molar refractivity (Wildman–Crippen MR) is 77.1 cm³/mol. The Bertz CT molecular complexity index is 555. The molecule has 3 N–H and O–H groups in total. The molecule has 0 aliphatic carbocycles. The van der Waals surface area contributed by atoms with Gasteiger partial charge in [-0.3, -0.25) is 9.59 Å². The van der Waals surface area contributed by atoms with Gasteiger partial charge in [0.2, 0.25) is 0 Å². The van der Waals surface area contributed by atoms with Gasteiger partial charge in [-0.05, 0) is 24.5 Å². The highest BCUT2D eigenvalue weighted by Crippen LogP contribution is 2.24. The van der Waals surface area contributed by atoms with Crippen molar-refractivity contribution in [1.82, 2.24) is 5.48 Å². The van der Waals surface area contributed by atoms with Gasteiger partial charge >= 0.3 is 11.9 Å². The summed E-state index contributed by atoms with van der Waals surface area (Å²) in [5.41, 5.74) is 2.45. The van der Waals surface area contributed by atoms with Crippen LogP contribution < -0.4 is 5.48 Å². The van der Waals surface area contributed by atoms with Crippen LogP contribution in [-0.4, -0.2) is 28.1 Å². The molecular formula is C15H19NO6. The number of aliphatic carboxylic acids is 1. The zero-order valence-corrected chi connectivity index (χ0v) is 12.3. The number of rotatable bonds is 7. The van der Waals surface area contributed by atoms with Crippen molar-refractivity contribution in [2.75, 3.05) is 0 Å². The number of hydrogen-bond donors (Lipinski definition) is 3. The zero-order valence-electron chi connectivity index (χ0n) is 12.3. The number of benzene rings is 1. The number of hydroxylamine groups is 1. The fourth-order valence-electron chi connectivity index (χ4n) is 1.75. The third-order valence-corrected chi connectivity index (χ3v) is 2.96. The maximum Gasteiger partial charge on any atom is 0.366 e. The lowest BCUT2D eigenvalue weighted by Gasteiger charge is -2.09. The fraction of sp³-hybridized carbons (Fsp3) is 0.400. The molecule has 0 unspecified atom stereocenters. The maximum absolute atomic E-state index is 11.8. The number of amides is 1. The first-order valence-corrected chi connectivity index (χ1v) is 6.98. The van der Waals surface area contributed by atoms with Crippen molar-refractivity contribution in [3.63, 3.8) is 0 Å². The highest BCUT2D eigenvalue weighted by Gasteiger charge is 2.17. The number of carbonyl (C=O) groups is 3. The van der Waals surface area contributed by atoms with Crippen molar-refractivity contribution >= 4 is 17.8 Å². The number of carbonyl (C=O) groups excluding carboxylic acids is 2. The third-order valence-electron chi connectivity index (χ3n) is 2.96. The number of carboxylic acid groups (broad SMARTS) is 1. The summed E-state index contributed by atoms with van der Waals surface area (Å²) in [5, 5.41) is 18.5. The Morgan fingerprint density at radius 2 is 1.95 bits per heavy atom. The molecule has 7 heteroatoms. The molecule has 0 radical (unpaired) electrons. The summed E-state index contributed by atoms with van der Waals surface area (Å²) in [6.07, 6.45) is 1.80. The molecule has 1 amide bonds. The van der Waals surface area contributed by atoms with Crippen LogP contribution in [0, 0.1) is 0 Å². The summed E-state index contributed by atoms with van der Waals surface area (Å²) in [5.74, 6) is -2.92. The van der Waals surface area contributed by atoms with Gasteiger partial charge in [-0.1, -0.05) is 25.5 Å². The van der Waals surface area contributed by atoms with Gasteiger partial charge in [0.05, 0.1) is 6.42 Å². The van der Waals surface area contributed by atoms with Gasteiger partial charge in [-0.25, -0.2) is 4.79 Å². The van der Waals surface area contributed by atoms with E-state index < -0.39 is 17.8 Å². The molecule has 0 aromatic heterocycles. The second-order valence-electron chi connectivity index (χ2n) is 4.73. The summed E-state index contributed by atoms with van der Waals surface area (Å²) in [6.45, 7) is 2.02. The zero-order chi connectivity index (χ0) is 16.5. The van der Waals surface area contributed by atoms with Gasteiger partial charge in [0.15, 0.2) is 0 Å². The monoisotopic (exact) mass is 309 g/mol. The van der Waals surface area contributed by atoms with E-state index in [4.69, 9.17) is 5.11 Å². The van der Waals surface area contributed by atoms with E-state index in [0.717, 1.165) is 12.8 Å². The standard InChI is InChI=1S/C15H19NO6/c1-2-3-5-10-6-4-7-11(14(10)20)15(21)22-16-12(17)8-9-13(18)19/h4,6-7,20H,2-3,5,8-9H2,1H3,(H,16,17)(H,18,19). The molecule has 0 heterocycles. The molecule has 0 aliphatic rings. The first-order valence-electron chi connectivity index (χ1n) is 6.98. The second-order valence-corrected chi connectivity index (χ2v) is 4.73. The Labute approximate surface area is 127 Å². The number of aryl methyl sites for hydroxylation is 1. The number of carboxylic acids is 1. The van der Waals surface area contributed by atoms with E-state index in [0.29, 0.717) is 12.0 Å². The maximum atomic E-state index is 11.8. The SMILES string of the molecule is CCCCc1cccc(C(=O)ONC(=O)CCC(=O)O)c1O. The van der Waals surface area contributed by atoms with Crippen LogP contribution in [0.25, 0.3) is 0 Å². The molecular weight excluding hydrogens is 290 g/mol. The van der Waals surface area contributed by atoms with Crippen LogP contribution in [0.1, 0.15) is 48.5 Å². The molecule has 1 aromatic rings. The minimum atomic E-state index is -1.12. The van der Waals surface area contributed by atoms with Gasteiger partial charge < -0.3 is 15.1 Å². The minimum absolute atomic E-state index is 0.0489. The molecule has 7 nitrogen and oxygen atoms in total. The summed E-state index contributed by atoms with van der Waals surface area (Å²) in [6, 6.07) is 4.72. The van der Waals surface area contributed by atoms with E-state index >= 15 is 0 Å². The number of phenolic OH excluding ortho intramolecular Hbond substituents is 1. The molecule has 0 fully saturated rings. The lowest BCUT2D eigenvalue weighted by molar-refractivity contribution is -0.140. The molecule has 22 heavy (non-hydrogen) atoms. The lowest BCUT2D eigenvalue weighted by Crippen LogP contribution is -2.27. The number of hydrogen-bond acceptors (Lipinski definition) is 5. The highest BCUT2D eigenvalue weighted by atomic mass is 16.7. The van der Waals surface area contributed by atoms with E-state index in [1.165, 1.54) is 6.07 Å². The highest BCUT2D eigenvalue weighted by molar-refractivity contribution is 5.93. The average molecular weight is 309 g/mol. The van der Waals surface area contributed by atoms with Gasteiger partial charge in [0, 0.05) is 6.42 Å². The Balaban J connectivity index is 2.62. The number of aromatic hydroxyl groups is 1. The van der Waals surface area contributed by atoms with Crippen LogP contribution >= 0.6 is 0 Å². The fourth-order valence-corrected chi connectivity index (χ4v) is 1.75. The van der Waals surface area contributed by atoms with E-state index in [2.05, 4.69) is 4.84 Å². The van der Waals surface area contributed by atoms with Crippen molar-refractivity contribution in [2.24, 2.45) is 0 Å². The molecule has 0 aliphatic heterocycles. The smallest absolute Gasteiger partial charge is 0.366 e. The van der Waals surface area contributed by atoms with E-state index in [-0.39, 0.29) is 24.2 Å². The third kappa shape index (κ3) is 5.43. The molecule has 0 atom stereocenters. The van der Waals surface area contributed by atoms with Gasteiger partial charge in [0.25, 0.3) is 5.91 Å². The van der Waals surface area contributed by atoms with Crippen molar-refractivity contribution in [2.45, 2.75) is 39.0 Å². The summed E-state index contributed by atoms with van der Waals surface area (Å²) in [7, 11) is 0. The quantitative estimate of drug-likeness (QED) is 0.662. The number of phenols is 1. The second kappa shape index (κ2) is 8.66. The van der Waals surface area contributed by atoms with Crippen molar-refractivity contribution in [3.8, 4) is 5.75 Å². The Morgan fingerprint density at radius 3 is 2.59 bits per heavy atom. The van der Waals surface area contributed by atoms with Crippen molar-refractivity contribution in [3.05, 3.63) is 29.3 Å².